The molecule has 98 valence electrons. The van der Waals surface area contributed by atoms with Crippen molar-refractivity contribution in [2.45, 2.75) is 13.3 Å². The van der Waals surface area contributed by atoms with Crippen LogP contribution in [0.5, 0.6) is 0 Å². The van der Waals surface area contributed by atoms with Crippen molar-refractivity contribution >= 4 is 11.7 Å². The van der Waals surface area contributed by atoms with E-state index in [0.29, 0.717) is 11.3 Å². The zero-order valence-electron chi connectivity index (χ0n) is 11.1. The molecule has 0 radical (unpaired) electrons. The topological polar surface area (TPSA) is 52.3 Å². The summed E-state index contributed by atoms with van der Waals surface area (Å²) in [6, 6.07) is 13.7. The SMILES string of the molecule is CCc1cccc(-c2ccc(C(=O)OC)c(N)c2)c1. The summed E-state index contributed by atoms with van der Waals surface area (Å²) in [6.45, 7) is 2.12. The van der Waals surface area contributed by atoms with Gasteiger partial charge in [-0.2, -0.15) is 0 Å². The number of ether oxygens (including phenoxy) is 1. The first-order chi connectivity index (χ1) is 9.15. The molecule has 0 aliphatic rings. The summed E-state index contributed by atoms with van der Waals surface area (Å²) in [6.07, 6.45) is 0.990. The van der Waals surface area contributed by atoms with Crippen molar-refractivity contribution in [2.75, 3.05) is 12.8 Å². The quantitative estimate of drug-likeness (QED) is 0.676. The summed E-state index contributed by atoms with van der Waals surface area (Å²) >= 11 is 0. The molecule has 0 saturated heterocycles. The molecule has 0 unspecified atom stereocenters. The van der Waals surface area contributed by atoms with Crippen molar-refractivity contribution in [3.63, 3.8) is 0 Å². The van der Waals surface area contributed by atoms with Crippen LogP contribution in [0.4, 0.5) is 5.69 Å². The number of methoxy groups -OCH3 is 1. The molecule has 0 aliphatic carbocycles. The van der Waals surface area contributed by atoms with E-state index in [9.17, 15) is 4.79 Å². The molecule has 0 atom stereocenters. The predicted octanol–water partition coefficient (Wildman–Crippen LogP) is 3.28. The molecule has 2 rings (SSSR count). The maximum absolute atomic E-state index is 11.5. The molecule has 0 heterocycles. The van der Waals surface area contributed by atoms with Gasteiger partial charge in [0.15, 0.2) is 0 Å². The van der Waals surface area contributed by atoms with Crippen LogP contribution in [0.1, 0.15) is 22.8 Å². The minimum Gasteiger partial charge on any atom is -0.465 e. The third-order valence-electron chi connectivity index (χ3n) is 3.13. The van der Waals surface area contributed by atoms with Crippen molar-refractivity contribution in [1.29, 1.82) is 0 Å². The van der Waals surface area contributed by atoms with Crippen LogP contribution >= 0.6 is 0 Å². The monoisotopic (exact) mass is 255 g/mol. The van der Waals surface area contributed by atoms with Gasteiger partial charge in [-0.3, -0.25) is 0 Å². The van der Waals surface area contributed by atoms with E-state index < -0.39 is 5.97 Å². The number of hydrogen-bond donors (Lipinski definition) is 1. The fraction of sp³-hybridized carbons (Fsp3) is 0.188. The lowest BCUT2D eigenvalue weighted by atomic mass is 10.00. The number of benzene rings is 2. The van der Waals surface area contributed by atoms with Crippen molar-refractivity contribution < 1.29 is 9.53 Å². The lowest BCUT2D eigenvalue weighted by molar-refractivity contribution is 0.0602. The Morgan fingerprint density at radius 2 is 1.89 bits per heavy atom. The zero-order chi connectivity index (χ0) is 13.8. The minimum absolute atomic E-state index is 0.401. The van der Waals surface area contributed by atoms with E-state index in [1.165, 1.54) is 12.7 Å². The molecular weight excluding hydrogens is 238 g/mol. The third kappa shape index (κ3) is 2.76. The Balaban J connectivity index is 2.41. The maximum Gasteiger partial charge on any atom is 0.339 e. The Morgan fingerprint density at radius 1 is 1.16 bits per heavy atom. The minimum atomic E-state index is -0.411. The van der Waals surface area contributed by atoms with E-state index in [1.54, 1.807) is 12.1 Å². The van der Waals surface area contributed by atoms with Gasteiger partial charge in [-0.25, -0.2) is 4.79 Å². The highest BCUT2D eigenvalue weighted by Gasteiger charge is 2.10. The van der Waals surface area contributed by atoms with Gasteiger partial charge in [0.25, 0.3) is 0 Å². The number of aryl methyl sites for hydroxylation is 1. The fourth-order valence-corrected chi connectivity index (χ4v) is 2.01. The van der Waals surface area contributed by atoms with Gasteiger partial charge in [0, 0.05) is 5.69 Å². The molecule has 2 aromatic rings. The van der Waals surface area contributed by atoms with Crippen LogP contribution < -0.4 is 5.73 Å². The van der Waals surface area contributed by atoms with E-state index in [-0.39, 0.29) is 0 Å². The Hall–Kier alpha value is -2.29. The summed E-state index contributed by atoms with van der Waals surface area (Å²) in [4.78, 5) is 11.5. The molecule has 0 saturated carbocycles. The number of anilines is 1. The first kappa shape index (κ1) is 13.1. The van der Waals surface area contributed by atoms with Gasteiger partial charge < -0.3 is 10.5 Å². The van der Waals surface area contributed by atoms with Gasteiger partial charge >= 0.3 is 5.97 Å². The number of nitrogen functional groups attached to an aromatic ring is 1. The average Bonchev–Trinajstić information content (AvgIpc) is 2.46. The van der Waals surface area contributed by atoms with Crippen LogP contribution in [0.2, 0.25) is 0 Å². The van der Waals surface area contributed by atoms with Crippen molar-refractivity contribution in [2.24, 2.45) is 0 Å². The second-order valence-electron chi connectivity index (χ2n) is 4.35. The van der Waals surface area contributed by atoms with E-state index in [2.05, 4.69) is 23.8 Å². The summed E-state index contributed by atoms with van der Waals surface area (Å²) in [5.74, 6) is -0.411. The molecule has 2 N–H and O–H groups in total. The molecule has 0 spiro atoms. The highest BCUT2D eigenvalue weighted by Crippen LogP contribution is 2.25. The van der Waals surface area contributed by atoms with Crippen LogP contribution in [0.3, 0.4) is 0 Å². The molecule has 0 aliphatic heterocycles. The van der Waals surface area contributed by atoms with E-state index in [0.717, 1.165) is 17.5 Å². The van der Waals surface area contributed by atoms with Gasteiger partial charge in [-0.05, 0) is 35.2 Å². The number of carbonyl (C=O) groups excluding carboxylic acids is 1. The number of rotatable bonds is 3. The van der Waals surface area contributed by atoms with Gasteiger partial charge in [0.05, 0.1) is 12.7 Å². The molecule has 3 nitrogen and oxygen atoms in total. The van der Waals surface area contributed by atoms with E-state index in [1.807, 2.05) is 18.2 Å². The number of hydrogen-bond acceptors (Lipinski definition) is 3. The molecule has 19 heavy (non-hydrogen) atoms. The van der Waals surface area contributed by atoms with Crippen LogP contribution in [-0.2, 0) is 11.2 Å². The highest BCUT2D eigenvalue weighted by atomic mass is 16.5. The van der Waals surface area contributed by atoms with Gasteiger partial charge in [0.1, 0.15) is 0 Å². The van der Waals surface area contributed by atoms with E-state index in [4.69, 9.17) is 5.73 Å². The number of nitrogens with two attached hydrogens (primary N) is 1. The molecule has 0 amide bonds. The highest BCUT2D eigenvalue weighted by molar-refractivity contribution is 5.96. The molecule has 0 bridgehead atoms. The summed E-state index contributed by atoms with van der Waals surface area (Å²) < 4.78 is 4.68. The molecular formula is C16H17NO2. The second-order valence-corrected chi connectivity index (χ2v) is 4.35. The largest absolute Gasteiger partial charge is 0.465 e. The Kier molecular flexibility index (Phi) is 3.85. The van der Waals surface area contributed by atoms with Gasteiger partial charge in [-0.1, -0.05) is 37.3 Å². The van der Waals surface area contributed by atoms with Crippen LogP contribution in [0, 0.1) is 0 Å². The fourth-order valence-electron chi connectivity index (χ4n) is 2.01. The Labute approximate surface area is 113 Å². The van der Waals surface area contributed by atoms with Gasteiger partial charge in [0.2, 0.25) is 0 Å². The van der Waals surface area contributed by atoms with E-state index >= 15 is 0 Å². The van der Waals surface area contributed by atoms with Crippen molar-refractivity contribution in [3.8, 4) is 11.1 Å². The number of esters is 1. The summed E-state index contributed by atoms with van der Waals surface area (Å²) in [5, 5.41) is 0. The maximum atomic E-state index is 11.5. The molecule has 3 heteroatoms. The molecule has 0 aromatic heterocycles. The molecule has 2 aromatic carbocycles. The number of carbonyl (C=O) groups is 1. The van der Waals surface area contributed by atoms with Crippen LogP contribution in [0.15, 0.2) is 42.5 Å². The lowest BCUT2D eigenvalue weighted by Gasteiger charge is -2.08. The van der Waals surface area contributed by atoms with Gasteiger partial charge in [-0.15, -0.1) is 0 Å². The van der Waals surface area contributed by atoms with Crippen LogP contribution in [0.25, 0.3) is 11.1 Å². The van der Waals surface area contributed by atoms with Crippen molar-refractivity contribution in [1.82, 2.24) is 0 Å². The Bertz CT molecular complexity index is 605. The summed E-state index contributed by atoms with van der Waals surface area (Å²) in [7, 11) is 1.35. The standard InChI is InChI=1S/C16H17NO2/c1-3-11-5-4-6-12(9-11)13-7-8-14(15(17)10-13)16(18)19-2/h4-10H,3,17H2,1-2H3. The summed E-state index contributed by atoms with van der Waals surface area (Å²) in [5.41, 5.74) is 10.1. The normalized spacial score (nSPS) is 10.2. The molecule has 0 fully saturated rings. The smallest absolute Gasteiger partial charge is 0.339 e. The van der Waals surface area contributed by atoms with Crippen LogP contribution in [-0.4, -0.2) is 13.1 Å². The van der Waals surface area contributed by atoms with Crippen molar-refractivity contribution in [3.05, 3.63) is 53.6 Å². The second kappa shape index (κ2) is 5.57. The predicted molar refractivity (Wildman–Crippen MR) is 77.0 cm³/mol. The lowest BCUT2D eigenvalue weighted by Crippen LogP contribution is -2.05. The average molecular weight is 255 g/mol. The third-order valence-corrected chi connectivity index (χ3v) is 3.13. The first-order valence-electron chi connectivity index (χ1n) is 6.23. The Morgan fingerprint density at radius 3 is 2.53 bits per heavy atom. The zero-order valence-corrected chi connectivity index (χ0v) is 11.1. The first-order valence-corrected chi connectivity index (χ1v) is 6.23.